The molecule has 1 aromatic carbocycles. The minimum Gasteiger partial charge on any atom is -0.497 e. The summed E-state index contributed by atoms with van der Waals surface area (Å²) in [6, 6.07) is 6.70. The van der Waals surface area contributed by atoms with Crippen LogP contribution in [0.25, 0.3) is 0 Å². The van der Waals surface area contributed by atoms with Gasteiger partial charge in [0, 0.05) is 12.1 Å². The van der Waals surface area contributed by atoms with Crippen LogP contribution >= 0.6 is 0 Å². The predicted octanol–water partition coefficient (Wildman–Crippen LogP) is 1.11. The summed E-state index contributed by atoms with van der Waals surface area (Å²) in [4.78, 5) is 18.6. The second kappa shape index (κ2) is 4.97. The van der Waals surface area contributed by atoms with Crippen LogP contribution in [0, 0.1) is 0 Å². The fourth-order valence-electron chi connectivity index (χ4n) is 2.50. The van der Waals surface area contributed by atoms with Crippen LogP contribution < -0.4 is 10.1 Å². The summed E-state index contributed by atoms with van der Waals surface area (Å²) in [5, 5.41) is 12.4. The van der Waals surface area contributed by atoms with Crippen molar-refractivity contribution < 1.29 is 14.6 Å². The minimum atomic E-state index is -0.858. The molecule has 0 fully saturated rings. The van der Waals surface area contributed by atoms with Crippen molar-refractivity contribution in [1.82, 2.24) is 15.3 Å². The standard InChI is InChI=1S/C14H15N3O3/c1-20-9-4-2-8(3-5-9)12-13-10(15-7-16-13)6-11(17-12)14(18)19/h2-5,7,11-12,17H,6H2,1H3,(H,15,16)(H,18,19)/t11-,12+/m0/s1. The van der Waals surface area contributed by atoms with Crippen molar-refractivity contribution in [3.05, 3.63) is 47.5 Å². The second-order valence-corrected chi connectivity index (χ2v) is 4.73. The second-order valence-electron chi connectivity index (χ2n) is 4.73. The number of aromatic nitrogens is 2. The Kier molecular flexibility index (Phi) is 3.15. The lowest BCUT2D eigenvalue weighted by Crippen LogP contribution is -2.45. The third-order valence-electron chi connectivity index (χ3n) is 3.55. The van der Waals surface area contributed by atoms with E-state index in [1.807, 2.05) is 24.3 Å². The van der Waals surface area contributed by atoms with E-state index in [9.17, 15) is 9.90 Å². The van der Waals surface area contributed by atoms with E-state index in [0.29, 0.717) is 6.42 Å². The van der Waals surface area contributed by atoms with Gasteiger partial charge in [0.05, 0.1) is 25.2 Å². The van der Waals surface area contributed by atoms with Gasteiger partial charge in [-0.1, -0.05) is 12.1 Å². The highest BCUT2D eigenvalue weighted by molar-refractivity contribution is 5.74. The molecule has 0 amide bonds. The average Bonchev–Trinajstić information content (AvgIpc) is 2.94. The van der Waals surface area contributed by atoms with Crippen LogP contribution in [0.5, 0.6) is 5.75 Å². The first-order valence-electron chi connectivity index (χ1n) is 6.34. The number of ether oxygens (including phenoxy) is 1. The maximum atomic E-state index is 11.2. The van der Waals surface area contributed by atoms with Gasteiger partial charge in [0.15, 0.2) is 0 Å². The molecule has 0 unspecified atom stereocenters. The van der Waals surface area contributed by atoms with Gasteiger partial charge in [-0.05, 0) is 17.7 Å². The Morgan fingerprint density at radius 1 is 1.40 bits per heavy atom. The molecule has 1 aromatic heterocycles. The van der Waals surface area contributed by atoms with Crippen molar-refractivity contribution in [2.75, 3.05) is 7.11 Å². The molecule has 104 valence electrons. The average molecular weight is 273 g/mol. The first kappa shape index (κ1) is 12.7. The number of H-pyrrole nitrogens is 1. The van der Waals surface area contributed by atoms with E-state index in [2.05, 4.69) is 15.3 Å². The van der Waals surface area contributed by atoms with Gasteiger partial charge in [0.1, 0.15) is 11.8 Å². The zero-order chi connectivity index (χ0) is 14.1. The van der Waals surface area contributed by atoms with Gasteiger partial charge >= 0.3 is 5.97 Å². The predicted molar refractivity (Wildman–Crippen MR) is 71.7 cm³/mol. The molecule has 2 atom stereocenters. The normalized spacial score (nSPS) is 21.2. The van der Waals surface area contributed by atoms with Crippen molar-refractivity contribution >= 4 is 5.97 Å². The van der Waals surface area contributed by atoms with Gasteiger partial charge in [-0.25, -0.2) is 4.98 Å². The van der Waals surface area contributed by atoms with Crippen molar-refractivity contribution in [3.8, 4) is 5.75 Å². The summed E-state index contributed by atoms with van der Waals surface area (Å²) in [6.45, 7) is 0. The maximum absolute atomic E-state index is 11.2. The largest absolute Gasteiger partial charge is 0.497 e. The molecule has 0 saturated carbocycles. The molecule has 0 radical (unpaired) electrons. The number of nitrogens with zero attached hydrogens (tertiary/aromatic N) is 1. The Bertz CT molecular complexity index is 621. The quantitative estimate of drug-likeness (QED) is 0.779. The topological polar surface area (TPSA) is 87.2 Å². The van der Waals surface area contributed by atoms with E-state index in [-0.39, 0.29) is 6.04 Å². The molecular weight excluding hydrogens is 258 g/mol. The molecule has 3 rings (SSSR count). The monoisotopic (exact) mass is 273 g/mol. The zero-order valence-corrected chi connectivity index (χ0v) is 11.0. The number of aromatic amines is 1. The first-order chi connectivity index (χ1) is 9.69. The van der Waals surface area contributed by atoms with Gasteiger partial charge in [-0.3, -0.25) is 10.1 Å². The lowest BCUT2D eigenvalue weighted by atomic mass is 9.94. The first-order valence-corrected chi connectivity index (χ1v) is 6.34. The van der Waals surface area contributed by atoms with E-state index >= 15 is 0 Å². The number of methoxy groups -OCH3 is 1. The molecule has 0 spiro atoms. The number of rotatable bonds is 3. The molecule has 1 aliphatic rings. The lowest BCUT2D eigenvalue weighted by molar-refractivity contribution is -0.139. The lowest BCUT2D eigenvalue weighted by Gasteiger charge is -2.28. The van der Waals surface area contributed by atoms with Crippen molar-refractivity contribution in [2.45, 2.75) is 18.5 Å². The van der Waals surface area contributed by atoms with E-state index in [1.165, 1.54) is 0 Å². The summed E-state index contributed by atoms with van der Waals surface area (Å²) >= 11 is 0. The summed E-state index contributed by atoms with van der Waals surface area (Å²) in [7, 11) is 1.61. The fourth-order valence-corrected chi connectivity index (χ4v) is 2.50. The smallest absolute Gasteiger partial charge is 0.321 e. The van der Waals surface area contributed by atoms with Crippen LogP contribution in [0.15, 0.2) is 30.6 Å². The molecule has 0 saturated heterocycles. The van der Waals surface area contributed by atoms with Gasteiger partial charge in [0.25, 0.3) is 0 Å². The van der Waals surface area contributed by atoms with Gasteiger partial charge in [-0.15, -0.1) is 0 Å². The number of imidazole rings is 1. The number of hydrogen-bond acceptors (Lipinski definition) is 4. The van der Waals surface area contributed by atoms with E-state index in [0.717, 1.165) is 22.7 Å². The SMILES string of the molecule is COc1ccc([C@H]2N[C@H](C(=O)O)Cc3[nH]cnc32)cc1. The molecule has 20 heavy (non-hydrogen) atoms. The fraction of sp³-hybridized carbons (Fsp3) is 0.286. The molecule has 1 aliphatic heterocycles. The highest BCUT2D eigenvalue weighted by Gasteiger charge is 2.32. The number of hydrogen-bond donors (Lipinski definition) is 3. The van der Waals surface area contributed by atoms with Crippen LogP contribution in [0.1, 0.15) is 23.0 Å². The van der Waals surface area contributed by atoms with E-state index in [4.69, 9.17) is 4.74 Å². The Hall–Kier alpha value is -2.34. The molecule has 6 nitrogen and oxygen atoms in total. The molecule has 2 aromatic rings. The van der Waals surface area contributed by atoms with Gasteiger partial charge in [0.2, 0.25) is 0 Å². The van der Waals surface area contributed by atoms with Crippen LogP contribution in [-0.2, 0) is 11.2 Å². The summed E-state index contributed by atoms with van der Waals surface area (Å²) in [5.74, 6) is -0.0923. The number of fused-ring (bicyclic) bond motifs is 1. The molecular formula is C14H15N3O3. The molecule has 2 heterocycles. The Morgan fingerprint density at radius 2 is 2.15 bits per heavy atom. The number of carboxylic acid groups (broad SMARTS) is 1. The third kappa shape index (κ3) is 2.14. The van der Waals surface area contributed by atoms with Gasteiger partial charge in [-0.2, -0.15) is 0 Å². The summed E-state index contributed by atoms with van der Waals surface area (Å²) < 4.78 is 5.13. The van der Waals surface area contributed by atoms with Crippen LogP contribution in [0.3, 0.4) is 0 Å². The van der Waals surface area contributed by atoms with Crippen LogP contribution in [0.4, 0.5) is 0 Å². The number of nitrogens with one attached hydrogen (secondary N) is 2. The minimum absolute atomic E-state index is 0.225. The highest BCUT2D eigenvalue weighted by Crippen LogP contribution is 2.29. The molecule has 0 bridgehead atoms. The van der Waals surface area contributed by atoms with Crippen LogP contribution in [0.2, 0.25) is 0 Å². The van der Waals surface area contributed by atoms with E-state index in [1.54, 1.807) is 13.4 Å². The summed E-state index contributed by atoms with van der Waals surface area (Å²) in [5.41, 5.74) is 2.69. The molecule has 6 heteroatoms. The number of carboxylic acids is 1. The Balaban J connectivity index is 1.97. The maximum Gasteiger partial charge on any atom is 0.321 e. The summed E-state index contributed by atoms with van der Waals surface area (Å²) in [6.07, 6.45) is 2.02. The van der Waals surface area contributed by atoms with Crippen molar-refractivity contribution in [2.24, 2.45) is 0 Å². The number of benzene rings is 1. The highest BCUT2D eigenvalue weighted by atomic mass is 16.5. The molecule has 0 aliphatic carbocycles. The van der Waals surface area contributed by atoms with E-state index < -0.39 is 12.0 Å². The number of aliphatic carboxylic acids is 1. The van der Waals surface area contributed by atoms with Crippen LogP contribution in [-0.4, -0.2) is 34.2 Å². The Labute approximate surface area is 115 Å². The number of carbonyl (C=O) groups is 1. The zero-order valence-electron chi connectivity index (χ0n) is 11.0. The third-order valence-corrected chi connectivity index (χ3v) is 3.55. The van der Waals surface area contributed by atoms with Crippen molar-refractivity contribution in [3.63, 3.8) is 0 Å². The molecule has 3 N–H and O–H groups in total. The van der Waals surface area contributed by atoms with Crippen molar-refractivity contribution in [1.29, 1.82) is 0 Å². The van der Waals surface area contributed by atoms with Gasteiger partial charge < -0.3 is 14.8 Å². The Morgan fingerprint density at radius 3 is 2.80 bits per heavy atom.